The number of rotatable bonds is 7. The molecule has 1 atom stereocenters. The second-order valence-electron chi connectivity index (χ2n) is 5.76. The lowest BCUT2D eigenvalue weighted by atomic mass is 10.2. The molecular weight excluding hydrogens is 308 g/mol. The van der Waals surface area contributed by atoms with Crippen molar-refractivity contribution in [1.29, 1.82) is 0 Å². The van der Waals surface area contributed by atoms with Gasteiger partial charge in [-0.25, -0.2) is 4.79 Å². The highest BCUT2D eigenvalue weighted by Crippen LogP contribution is 2.09. The Morgan fingerprint density at radius 1 is 1.42 bits per heavy atom. The minimum absolute atomic E-state index is 0.164. The van der Waals surface area contributed by atoms with Crippen molar-refractivity contribution in [2.45, 2.75) is 19.6 Å². The zero-order chi connectivity index (χ0) is 17.5. The Hall–Kier alpha value is -2.38. The van der Waals surface area contributed by atoms with Crippen LogP contribution in [-0.4, -0.2) is 52.1 Å². The van der Waals surface area contributed by atoms with Gasteiger partial charge in [-0.3, -0.25) is 10.00 Å². The van der Waals surface area contributed by atoms with E-state index in [2.05, 4.69) is 10.4 Å². The molecule has 24 heavy (non-hydrogen) atoms. The zero-order valence-corrected chi connectivity index (χ0v) is 14.3. The Kier molecular flexibility index (Phi) is 6.34. The second kappa shape index (κ2) is 8.47. The van der Waals surface area contributed by atoms with Crippen molar-refractivity contribution in [1.82, 2.24) is 14.7 Å². The monoisotopic (exact) mass is 332 g/mol. The predicted octanol–water partition coefficient (Wildman–Crippen LogP) is 1.77. The molecule has 2 N–H and O–H groups in total. The van der Waals surface area contributed by atoms with E-state index in [1.165, 1.54) is 4.90 Å². The number of aromatic nitrogens is 2. The number of ether oxygens (including phenoxy) is 1. The van der Waals surface area contributed by atoms with E-state index in [0.29, 0.717) is 12.4 Å². The SMILES string of the molecule is Cc1cc(NC(=O)N(C)CC(O)COCc2ccccc2)n(C)n1. The molecule has 2 rings (SSSR count). The van der Waals surface area contributed by atoms with Gasteiger partial charge in [0.1, 0.15) is 5.82 Å². The molecule has 0 aliphatic rings. The van der Waals surface area contributed by atoms with E-state index in [0.717, 1.165) is 11.3 Å². The number of nitrogens with one attached hydrogen (secondary N) is 1. The summed E-state index contributed by atoms with van der Waals surface area (Å²) in [4.78, 5) is 13.5. The average Bonchev–Trinajstić information content (AvgIpc) is 2.85. The summed E-state index contributed by atoms with van der Waals surface area (Å²) in [5.74, 6) is 0.610. The summed E-state index contributed by atoms with van der Waals surface area (Å²) in [5.41, 5.74) is 1.87. The molecule has 2 amide bonds. The summed E-state index contributed by atoms with van der Waals surface area (Å²) in [5, 5.41) is 16.9. The molecule has 0 saturated carbocycles. The molecule has 0 saturated heterocycles. The van der Waals surface area contributed by atoms with Gasteiger partial charge in [-0.05, 0) is 12.5 Å². The lowest BCUT2D eigenvalue weighted by Gasteiger charge is -2.21. The molecule has 1 heterocycles. The number of hydrogen-bond donors (Lipinski definition) is 2. The number of likely N-dealkylation sites (N-methyl/N-ethyl adjacent to an activating group) is 1. The van der Waals surface area contributed by atoms with Gasteiger partial charge in [0, 0.05) is 20.2 Å². The summed E-state index contributed by atoms with van der Waals surface area (Å²) in [7, 11) is 3.38. The molecular formula is C17H24N4O3. The zero-order valence-electron chi connectivity index (χ0n) is 14.3. The fraction of sp³-hybridized carbons (Fsp3) is 0.412. The van der Waals surface area contributed by atoms with Crippen molar-refractivity contribution in [3.05, 3.63) is 47.7 Å². The number of hydrogen-bond acceptors (Lipinski definition) is 4. The Labute approximate surface area is 141 Å². The number of anilines is 1. The van der Waals surface area contributed by atoms with E-state index in [-0.39, 0.29) is 19.2 Å². The highest BCUT2D eigenvalue weighted by Gasteiger charge is 2.15. The van der Waals surface area contributed by atoms with Gasteiger partial charge in [0.25, 0.3) is 0 Å². The van der Waals surface area contributed by atoms with Crippen molar-refractivity contribution >= 4 is 11.8 Å². The van der Waals surface area contributed by atoms with Crippen molar-refractivity contribution in [2.24, 2.45) is 7.05 Å². The standard InChI is InChI=1S/C17H24N4O3/c1-13-9-16(21(3)19-13)18-17(23)20(2)10-15(22)12-24-11-14-7-5-4-6-8-14/h4-9,15,22H,10-12H2,1-3H3,(H,18,23). The number of nitrogens with zero attached hydrogens (tertiary/aromatic N) is 3. The van der Waals surface area contributed by atoms with Gasteiger partial charge in [0.05, 0.1) is 31.6 Å². The van der Waals surface area contributed by atoms with E-state index in [1.807, 2.05) is 37.3 Å². The van der Waals surface area contributed by atoms with Crippen LogP contribution in [0, 0.1) is 6.92 Å². The van der Waals surface area contributed by atoms with Gasteiger partial charge >= 0.3 is 6.03 Å². The summed E-state index contributed by atoms with van der Waals surface area (Å²) in [6, 6.07) is 11.2. The number of aryl methyl sites for hydroxylation is 2. The van der Waals surface area contributed by atoms with Gasteiger partial charge in [0.2, 0.25) is 0 Å². The summed E-state index contributed by atoms with van der Waals surface area (Å²) in [6.45, 7) is 2.63. The van der Waals surface area contributed by atoms with E-state index in [4.69, 9.17) is 4.74 Å². The van der Waals surface area contributed by atoms with E-state index < -0.39 is 6.10 Å². The lowest BCUT2D eigenvalue weighted by Crippen LogP contribution is -2.39. The molecule has 0 bridgehead atoms. The van der Waals surface area contributed by atoms with Gasteiger partial charge in [-0.2, -0.15) is 5.10 Å². The molecule has 7 heteroatoms. The molecule has 2 aromatic rings. The minimum Gasteiger partial charge on any atom is -0.389 e. The van der Waals surface area contributed by atoms with Crippen LogP contribution in [0.25, 0.3) is 0 Å². The molecule has 130 valence electrons. The van der Waals surface area contributed by atoms with Crippen LogP contribution < -0.4 is 5.32 Å². The Morgan fingerprint density at radius 3 is 2.75 bits per heavy atom. The maximum Gasteiger partial charge on any atom is 0.322 e. The highest BCUT2D eigenvalue weighted by atomic mass is 16.5. The number of aliphatic hydroxyl groups excluding tert-OH is 1. The topological polar surface area (TPSA) is 79.6 Å². The van der Waals surface area contributed by atoms with E-state index >= 15 is 0 Å². The smallest absolute Gasteiger partial charge is 0.322 e. The largest absolute Gasteiger partial charge is 0.389 e. The summed E-state index contributed by atoms with van der Waals surface area (Å²) >= 11 is 0. The van der Waals surface area contributed by atoms with Crippen LogP contribution >= 0.6 is 0 Å². The number of benzene rings is 1. The van der Waals surface area contributed by atoms with E-state index in [9.17, 15) is 9.90 Å². The quantitative estimate of drug-likeness (QED) is 0.810. The second-order valence-corrected chi connectivity index (χ2v) is 5.76. The summed E-state index contributed by atoms with van der Waals surface area (Å²) < 4.78 is 7.08. The molecule has 0 spiro atoms. The minimum atomic E-state index is -0.752. The normalized spacial score (nSPS) is 12.0. The van der Waals surface area contributed by atoms with Crippen LogP contribution in [0.5, 0.6) is 0 Å². The van der Waals surface area contributed by atoms with Crippen LogP contribution in [0.4, 0.5) is 10.6 Å². The van der Waals surface area contributed by atoms with Crippen LogP contribution in [0.15, 0.2) is 36.4 Å². The third-order valence-electron chi connectivity index (χ3n) is 3.49. The van der Waals surface area contributed by atoms with Gasteiger partial charge in [0.15, 0.2) is 0 Å². The predicted molar refractivity (Wildman–Crippen MR) is 91.7 cm³/mol. The van der Waals surface area contributed by atoms with Crippen molar-refractivity contribution < 1.29 is 14.6 Å². The number of urea groups is 1. The fourth-order valence-corrected chi connectivity index (χ4v) is 2.27. The number of carbonyl (C=O) groups excluding carboxylic acids is 1. The molecule has 7 nitrogen and oxygen atoms in total. The number of amides is 2. The Balaban J connectivity index is 1.73. The van der Waals surface area contributed by atoms with Crippen LogP contribution in [0.2, 0.25) is 0 Å². The molecule has 1 aromatic heterocycles. The maximum absolute atomic E-state index is 12.1. The third-order valence-corrected chi connectivity index (χ3v) is 3.49. The van der Waals surface area contributed by atoms with Crippen molar-refractivity contribution in [3.8, 4) is 0 Å². The molecule has 1 unspecified atom stereocenters. The van der Waals surface area contributed by atoms with E-state index in [1.54, 1.807) is 24.8 Å². The number of carbonyl (C=O) groups is 1. The van der Waals surface area contributed by atoms with Crippen LogP contribution in [0.3, 0.4) is 0 Å². The average molecular weight is 332 g/mol. The highest BCUT2D eigenvalue weighted by molar-refractivity contribution is 5.88. The molecule has 0 aliphatic heterocycles. The fourth-order valence-electron chi connectivity index (χ4n) is 2.27. The Morgan fingerprint density at radius 2 is 2.12 bits per heavy atom. The first-order valence-electron chi connectivity index (χ1n) is 7.78. The first kappa shape index (κ1) is 18.0. The third kappa shape index (κ3) is 5.36. The first-order chi connectivity index (χ1) is 11.5. The Bertz CT molecular complexity index is 657. The van der Waals surface area contributed by atoms with Crippen molar-refractivity contribution in [3.63, 3.8) is 0 Å². The van der Waals surface area contributed by atoms with Crippen LogP contribution in [-0.2, 0) is 18.4 Å². The van der Waals surface area contributed by atoms with Crippen LogP contribution in [0.1, 0.15) is 11.3 Å². The summed E-state index contributed by atoms with van der Waals surface area (Å²) in [6.07, 6.45) is -0.752. The lowest BCUT2D eigenvalue weighted by molar-refractivity contribution is 0.0188. The maximum atomic E-state index is 12.1. The van der Waals surface area contributed by atoms with Gasteiger partial charge in [-0.1, -0.05) is 30.3 Å². The number of aliphatic hydroxyl groups is 1. The first-order valence-corrected chi connectivity index (χ1v) is 7.78. The molecule has 0 radical (unpaired) electrons. The van der Waals surface area contributed by atoms with Gasteiger partial charge < -0.3 is 14.7 Å². The molecule has 1 aromatic carbocycles. The van der Waals surface area contributed by atoms with Crippen molar-refractivity contribution in [2.75, 3.05) is 25.5 Å². The molecule has 0 aliphatic carbocycles. The van der Waals surface area contributed by atoms with Gasteiger partial charge in [-0.15, -0.1) is 0 Å². The molecule has 0 fully saturated rings.